The normalized spacial score (nSPS) is 11.2. The van der Waals surface area contributed by atoms with Gasteiger partial charge >= 0.3 is 0 Å². The van der Waals surface area contributed by atoms with Gasteiger partial charge in [0.2, 0.25) is 0 Å². The molecule has 0 amide bonds. The number of nitrogens with zero attached hydrogens (tertiary/aromatic N) is 4. The third kappa shape index (κ3) is 4.23. The van der Waals surface area contributed by atoms with Crippen LogP contribution in [-0.2, 0) is 19.8 Å². The average molecular weight is 389 g/mol. The Morgan fingerprint density at radius 1 is 1.19 bits per heavy atom. The van der Waals surface area contributed by atoms with Crippen LogP contribution >= 0.6 is 23.6 Å². The van der Waals surface area contributed by atoms with Crippen LogP contribution in [0.3, 0.4) is 0 Å². The van der Waals surface area contributed by atoms with Gasteiger partial charge in [0, 0.05) is 13.1 Å². The molecule has 3 aromatic rings. The van der Waals surface area contributed by atoms with Crippen LogP contribution in [0.5, 0.6) is 5.75 Å². The van der Waals surface area contributed by atoms with Crippen molar-refractivity contribution in [1.82, 2.24) is 19.2 Å². The zero-order chi connectivity index (χ0) is 18.5. The molecule has 0 radical (unpaired) electrons. The van der Waals surface area contributed by atoms with Crippen LogP contribution < -0.4 is 4.74 Å². The van der Waals surface area contributed by atoms with Gasteiger partial charge in [0.15, 0.2) is 10.6 Å². The summed E-state index contributed by atoms with van der Waals surface area (Å²) in [6.07, 6.45) is 0. The van der Waals surface area contributed by atoms with Crippen LogP contribution in [-0.4, -0.2) is 32.9 Å². The van der Waals surface area contributed by atoms with Gasteiger partial charge in [0.25, 0.3) is 0 Å². The summed E-state index contributed by atoms with van der Waals surface area (Å²) in [5, 5.41) is 6.83. The molecule has 3 rings (SSSR count). The quantitative estimate of drug-likeness (QED) is 0.526. The van der Waals surface area contributed by atoms with Crippen molar-refractivity contribution in [2.75, 3.05) is 13.7 Å². The number of rotatable bonds is 8. The molecule has 0 spiro atoms. The zero-order valence-electron chi connectivity index (χ0n) is 15.4. The molecule has 0 unspecified atom stereocenters. The van der Waals surface area contributed by atoms with E-state index in [1.165, 1.54) is 5.56 Å². The Morgan fingerprint density at radius 2 is 1.96 bits per heavy atom. The summed E-state index contributed by atoms with van der Waals surface area (Å²) < 4.78 is 10.3. The first kappa shape index (κ1) is 18.8. The highest BCUT2D eigenvalue weighted by molar-refractivity contribution is 7.71. The van der Waals surface area contributed by atoms with Gasteiger partial charge in [-0.1, -0.05) is 18.2 Å². The lowest BCUT2D eigenvalue weighted by Crippen LogP contribution is -2.22. The Morgan fingerprint density at radius 3 is 2.58 bits per heavy atom. The van der Waals surface area contributed by atoms with Crippen molar-refractivity contribution >= 4 is 23.6 Å². The lowest BCUT2D eigenvalue weighted by Gasteiger charge is -2.16. The maximum absolute atomic E-state index is 5.64. The molecule has 0 N–H and O–H groups in total. The van der Waals surface area contributed by atoms with Crippen LogP contribution in [0, 0.1) is 4.77 Å². The van der Waals surface area contributed by atoms with E-state index in [0.29, 0.717) is 13.3 Å². The second-order valence-electron chi connectivity index (χ2n) is 6.06. The number of thiophene rings is 1. The highest BCUT2D eigenvalue weighted by atomic mass is 32.1. The summed E-state index contributed by atoms with van der Waals surface area (Å²) in [5.74, 6) is 1.85. The summed E-state index contributed by atoms with van der Waals surface area (Å²) in [6.45, 7) is 7.06. The first-order valence-electron chi connectivity index (χ1n) is 8.74. The minimum absolute atomic E-state index is 0.650. The first-order chi connectivity index (χ1) is 12.6. The second kappa shape index (κ2) is 8.62. The van der Waals surface area contributed by atoms with Gasteiger partial charge in [0.1, 0.15) is 5.75 Å². The molecule has 0 aliphatic rings. The van der Waals surface area contributed by atoms with Gasteiger partial charge in [-0.25, -0.2) is 4.68 Å². The van der Waals surface area contributed by atoms with Crippen molar-refractivity contribution in [3.8, 4) is 16.5 Å². The van der Waals surface area contributed by atoms with Gasteiger partial charge in [-0.3, -0.25) is 9.47 Å². The fourth-order valence-electron chi connectivity index (χ4n) is 2.85. The van der Waals surface area contributed by atoms with Crippen LogP contribution in [0.2, 0.25) is 0 Å². The molecule has 0 aliphatic heterocycles. The molecule has 1 aromatic carbocycles. The Hall–Kier alpha value is -1.96. The Balaban J connectivity index is 1.73. The molecule has 5 nitrogen and oxygen atoms in total. The zero-order valence-corrected chi connectivity index (χ0v) is 17.0. The number of aromatic nitrogens is 3. The molecule has 2 aromatic heterocycles. The van der Waals surface area contributed by atoms with E-state index in [2.05, 4.69) is 47.0 Å². The lowest BCUT2D eigenvalue weighted by atomic mass is 10.2. The largest absolute Gasteiger partial charge is 0.494 e. The minimum Gasteiger partial charge on any atom is -0.494 e. The third-order valence-electron chi connectivity index (χ3n) is 4.04. The van der Waals surface area contributed by atoms with Gasteiger partial charge in [0.05, 0.1) is 18.2 Å². The predicted octanol–water partition coefficient (Wildman–Crippen LogP) is 4.65. The van der Waals surface area contributed by atoms with Crippen LogP contribution in [0.15, 0.2) is 41.8 Å². The molecule has 138 valence electrons. The molecule has 0 bridgehead atoms. The van der Waals surface area contributed by atoms with Gasteiger partial charge < -0.3 is 4.74 Å². The first-order valence-corrected chi connectivity index (χ1v) is 10.0. The Kier molecular flexibility index (Phi) is 6.24. The molecular weight excluding hydrogens is 364 g/mol. The van der Waals surface area contributed by atoms with E-state index in [1.807, 2.05) is 29.8 Å². The standard InChI is InChI=1S/C19H24N4OS2/c1-4-22-18(17-7-6-12-26-17)20-23(19(22)25)14-21(3)13-15-8-10-16(11-9-15)24-5-2/h6-12H,4-5,13-14H2,1-3H3. The molecule has 0 saturated heterocycles. The van der Waals surface area contributed by atoms with E-state index in [0.717, 1.165) is 34.3 Å². The molecule has 2 heterocycles. The summed E-state index contributed by atoms with van der Waals surface area (Å²) in [4.78, 5) is 3.35. The topological polar surface area (TPSA) is 35.2 Å². The van der Waals surface area contributed by atoms with Gasteiger partial charge in [-0.05, 0) is 62.3 Å². The van der Waals surface area contributed by atoms with E-state index in [-0.39, 0.29) is 0 Å². The average Bonchev–Trinajstić information content (AvgIpc) is 3.25. The lowest BCUT2D eigenvalue weighted by molar-refractivity contribution is 0.243. The van der Waals surface area contributed by atoms with E-state index in [1.54, 1.807) is 11.3 Å². The number of hydrogen-bond donors (Lipinski definition) is 0. The minimum atomic E-state index is 0.650. The van der Waals surface area contributed by atoms with Crippen molar-refractivity contribution in [1.29, 1.82) is 0 Å². The van der Waals surface area contributed by atoms with Gasteiger partial charge in [-0.2, -0.15) is 0 Å². The fourth-order valence-corrected chi connectivity index (χ4v) is 3.89. The molecule has 0 atom stereocenters. The third-order valence-corrected chi connectivity index (χ3v) is 5.34. The van der Waals surface area contributed by atoms with Crippen LogP contribution in [0.1, 0.15) is 19.4 Å². The molecule has 0 saturated carbocycles. The predicted molar refractivity (Wildman–Crippen MR) is 109 cm³/mol. The molecule has 26 heavy (non-hydrogen) atoms. The number of benzene rings is 1. The van der Waals surface area contributed by atoms with E-state index >= 15 is 0 Å². The van der Waals surface area contributed by atoms with Gasteiger partial charge in [-0.15, -0.1) is 16.4 Å². The molecule has 7 heteroatoms. The van der Waals surface area contributed by atoms with Crippen LogP contribution in [0.25, 0.3) is 10.7 Å². The fraction of sp³-hybridized carbons (Fsp3) is 0.368. The van der Waals surface area contributed by atoms with Crippen molar-refractivity contribution in [2.24, 2.45) is 0 Å². The van der Waals surface area contributed by atoms with Crippen molar-refractivity contribution in [2.45, 2.75) is 33.6 Å². The summed E-state index contributed by atoms with van der Waals surface area (Å²) in [6, 6.07) is 12.4. The summed E-state index contributed by atoms with van der Waals surface area (Å²) in [7, 11) is 2.08. The molecular formula is C19H24N4OS2. The van der Waals surface area contributed by atoms with Crippen molar-refractivity contribution in [3.05, 3.63) is 52.1 Å². The van der Waals surface area contributed by atoms with Crippen molar-refractivity contribution in [3.63, 3.8) is 0 Å². The summed E-state index contributed by atoms with van der Waals surface area (Å²) >= 11 is 7.33. The number of ether oxygens (including phenoxy) is 1. The summed E-state index contributed by atoms with van der Waals surface area (Å²) in [5.41, 5.74) is 1.23. The second-order valence-corrected chi connectivity index (χ2v) is 7.37. The number of hydrogen-bond acceptors (Lipinski definition) is 5. The highest BCUT2D eigenvalue weighted by Gasteiger charge is 2.13. The van der Waals surface area contributed by atoms with E-state index < -0.39 is 0 Å². The van der Waals surface area contributed by atoms with Crippen LogP contribution in [0.4, 0.5) is 0 Å². The van der Waals surface area contributed by atoms with E-state index in [9.17, 15) is 0 Å². The Bertz CT molecular complexity index is 881. The monoisotopic (exact) mass is 388 g/mol. The molecule has 0 aliphatic carbocycles. The maximum Gasteiger partial charge on any atom is 0.199 e. The highest BCUT2D eigenvalue weighted by Crippen LogP contribution is 2.23. The molecule has 0 fully saturated rings. The Labute approximate surface area is 163 Å². The SMILES string of the molecule is CCOc1ccc(CN(C)Cn2nc(-c3cccs3)n(CC)c2=S)cc1. The maximum atomic E-state index is 5.64. The van der Waals surface area contributed by atoms with Crippen molar-refractivity contribution < 1.29 is 4.74 Å². The van der Waals surface area contributed by atoms with E-state index in [4.69, 9.17) is 22.1 Å². The smallest absolute Gasteiger partial charge is 0.199 e.